The summed E-state index contributed by atoms with van der Waals surface area (Å²) in [7, 11) is 0. The summed E-state index contributed by atoms with van der Waals surface area (Å²) in [6.45, 7) is 2.10. The van der Waals surface area contributed by atoms with Crippen molar-refractivity contribution < 1.29 is 19.4 Å². The molecule has 130 valence electrons. The number of pyridine rings is 1. The maximum absolute atomic E-state index is 13.1. The minimum Gasteiger partial charge on any atom is -0.465 e. The van der Waals surface area contributed by atoms with Crippen molar-refractivity contribution in [2.24, 2.45) is 5.92 Å². The fraction of sp³-hybridized carbons (Fsp3) is 0.316. The van der Waals surface area contributed by atoms with E-state index in [1.807, 2.05) is 12.1 Å². The standard InChI is InChI=1S/C19H20N2O4/c1-2-25-19(24)15-11-17(22)14-8-3-4-9-16(14)21(18(15)23)12-13-7-5-6-10-20-13/h3-10,15,17,22H,2,11-12H2,1H3. The van der Waals surface area contributed by atoms with Crippen LogP contribution in [0, 0.1) is 5.92 Å². The number of benzene rings is 1. The number of anilines is 1. The quantitative estimate of drug-likeness (QED) is 0.682. The van der Waals surface area contributed by atoms with Gasteiger partial charge in [0.1, 0.15) is 5.92 Å². The molecule has 25 heavy (non-hydrogen) atoms. The van der Waals surface area contributed by atoms with E-state index in [-0.39, 0.29) is 25.5 Å². The molecule has 0 radical (unpaired) electrons. The smallest absolute Gasteiger partial charge is 0.318 e. The maximum atomic E-state index is 13.1. The predicted octanol–water partition coefficient (Wildman–Crippen LogP) is 2.23. The van der Waals surface area contributed by atoms with Crippen molar-refractivity contribution in [3.63, 3.8) is 0 Å². The molecule has 6 nitrogen and oxygen atoms in total. The largest absolute Gasteiger partial charge is 0.465 e. The first-order chi connectivity index (χ1) is 12.1. The van der Waals surface area contributed by atoms with Crippen LogP contribution in [0.15, 0.2) is 48.7 Å². The molecule has 0 saturated carbocycles. The van der Waals surface area contributed by atoms with Crippen molar-refractivity contribution in [2.45, 2.75) is 26.0 Å². The van der Waals surface area contributed by atoms with Crippen LogP contribution < -0.4 is 4.90 Å². The van der Waals surface area contributed by atoms with Crippen molar-refractivity contribution in [3.05, 3.63) is 59.9 Å². The van der Waals surface area contributed by atoms with Crippen molar-refractivity contribution in [2.75, 3.05) is 11.5 Å². The number of carbonyl (C=O) groups is 2. The van der Waals surface area contributed by atoms with Crippen LogP contribution in [0.25, 0.3) is 0 Å². The fourth-order valence-corrected chi connectivity index (χ4v) is 3.03. The number of para-hydroxylation sites is 1. The lowest BCUT2D eigenvalue weighted by molar-refractivity contribution is -0.152. The van der Waals surface area contributed by atoms with Gasteiger partial charge >= 0.3 is 5.97 Å². The Morgan fingerprint density at radius 3 is 2.76 bits per heavy atom. The lowest BCUT2D eigenvalue weighted by atomic mass is 9.98. The molecule has 1 aromatic heterocycles. The second kappa shape index (κ2) is 7.44. The number of hydrogen-bond acceptors (Lipinski definition) is 5. The van der Waals surface area contributed by atoms with Gasteiger partial charge in [0.25, 0.3) is 0 Å². The molecule has 6 heteroatoms. The summed E-state index contributed by atoms with van der Waals surface area (Å²) >= 11 is 0. The Labute approximate surface area is 146 Å². The highest BCUT2D eigenvalue weighted by molar-refractivity contribution is 6.07. The Morgan fingerprint density at radius 2 is 2.04 bits per heavy atom. The van der Waals surface area contributed by atoms with Gasteiger partial charge in [-0.1, -0.05) is 24.3 Å². The number of ether oxygens (including phenoxy) is 1. The molecule has 1 aliphatic rings. The van der Waals surface area contributed by atoms with Gasteiger partial charge in [-0.25, -0.2) is 0 Å². The molecular weight excluding hydrogens is 320 g/mol. The molecule has 2 atom stereocenters. The molecule has 2 aromatic rings. The summed E-state index contributed by atoms with van der Waals surface area (Å²) < 4.78 is 5.04. The summed E-state index contributed by atoms with van der Waals surface area (Å²) in [6.07, 6.45) is 0.748. The van der Waals surface area contributed by atoms with Gasteiger partial charge in [-0.3, -0.25) is 14.6 Å². The molecule has 1 N–H and O–H groups in total. The van der Waals surface area contributed by atoms with Crippen LogP contribution in [0.1, 0.15) is 30.7 Å². The van der Waals surface area contributed by atoms with Gasteiger partial charge in [-0.2, -0.15) is 0 Å². The Morgan fingerprint density at radius 1 is 1.28 bits per heavy atom. The summed E-state index contributed by atoms with van der Waals surface area (Å²) in [6, 6.07) is 12.6. The topological polar surface area (TPSA) is 79.7 Å². The van der Waals surface area contributed by atoms with E-state index >= 15 is 0 Å². The molecule has 1 aromatic carbocycles. The molecule has 0 bridgehead atoms. The number of rotatable bonds is 4. The van der Waals surface area contributed by atoms with Gasteiger partial charge in [0.2, 0.25) is 5.91 Å². The van der Waals surface area contributed by atoms with Crippen LogP contribution in [0.4, 0.5) is 5.69 Å². The van der Waals surface area contributed by atoms with Gasteiger partial charge in [-0.05, 0) is 31.5 Å². The minimum atomic E-state index is -1.04. The van der Waals surface area contributed by atoms with Gasteiger partial charge in [-0.15, -0.1) is 0 Å². The van der Waals surface area contributed by atoms with Crippen LogP contribution in [0.3, 0.4) is 0 Å². The first-order valence-electron chi connectivity index (χ1n) is 8.26. The molecule has 3 rings (SSSR count). The zero-order chi connectivity index (χ0) is 17.8. The van der Waals surface area contributed by atoms with Gasteiger partial charge in [0.15, 0.2) is 0 Å². The van der Waals surface area contributed by atoms with Gasteiger partial charge < -0.3 is 14.7 Å². The van der Waals surface area contributed by atoms with E-state index in [1.165, 1.54) is 4.90 Å². The number of aliphatic hydroxyl groups excluding tert-OH is 1. The highest BCUT2D eigenvalue weighted by Gasteiger charge is 2.39. The van der Waals surface area contributed by atoms with Gasteiger partial charge in [0.05, 0.1) is 24.9 Å². The fourth-order valence-electron chi connectivity index (χ4n) is 3.03. The maximum Gasteiger partial charge on any atom is 0.318 e. The summed E-state index contributed by atoms with van der Waals surface area (Å²) in [5.41, 5.74) is 1.92. The first-order valence-corrected chi connectivity index (χ1v) is 8.26. The number of amides is 1. The first kappa shape index (κ1) is 17.1. The highest BCUT2D eigenvalue weighted by atomic mass is 16.5. The number of fused-ring (bicyclic) bond motifs is 1. The lowest BCUT2D eigenvalue weighted by Crippen LogP contribution is -2.39. The summed E-state index contributed by atoms with van der Waals surface area (Å²) in [5, 5.41) is 10.5. The van der Waals surface area contributed by atoms with E-state index in [0.29, 0.717) is 16.9 Å². The van der Waals surface area contributed by atoms with Crippen molar-refractivity contribution in [3.8, 4) is 0 Å². The zero-order valence-corrected chi connectivity index (χ0v) is 14.0. The number of aliphatic hydroxyl groups is 1. The molecule has 0 saturated heterocycles. The van der Waals surface area contributed by atoms with Crippen LogP contribution in [-0.2, 0) is 20.9 Å². The molecule has 0 aliphatic carbocycles. The van der Waals surface area contributed by atoms with Crippen molar-refractivity contribution >= 4 is 17.6 Å². The number of nitrogens with zero attached hydrogens (tertiary/aromatic N) is 2. The molecule has 0 spiro atoms. The average molecular weight is 340 g/mol. The second-order valence-corrected chi connectivity index (χ2v) is 5.86. The Bertz CT molecular complexity index is 763. The van der Waals surface area contributed by atoms with E-state index in [0.717, 1.165) is 0 Å². The van der Waals surface area contributed by atoms with Crippen molar-refractivity contribution in [1.82, 2.24) is 4.98 Å². The summed E-state index contributed by atoms with van der Waals surface area (Å²) in [5.74, 6) is -2.02. The van der Waals surface area contributed by atoms with E-state index in [2.05, 4.69) is 4.98 Å². The number of esters is 1. The van der Waals surface area contributed by atoms with E-state index in [4.69, 9.17) is 4.74 Å². The third-order valence-corrected chi connectivity index (χ3v) is 4.23. The van der Waals surface area contributed by atoms with E-state index in [1.54, 1.807) is 43.5 Å². The lowest BCUT2D eigenvalue weighted by Gasteiger charge is -2.24. The molecule has 2 unspecified atom stereocenters. The molecule has 1 amide bonds. The molecule has 0 fully saturated rings. The molecule has 2 heterocycles. The van der Waals surface area contributed by atoms with Gasteiger partial charge in [0, 0.05) is 17.4 Å². The third-order valence-electron chi connectivity index (χ3n) is 4.23. The monoisotopic (exact) mass is 340 g/mol. The Kier molecular flexibility index (Phi) is 5.09. The van der Waals surface area contributed by atoms with Crippen LogP contribution in [0.5, 0.6) is 0 Å². The average Bonchev–Trinajstić information content (AvgIpc) is 2.73. The number of hydrogen-bond donors (Lipinski definition) is 1. The Hall–Kier alpha value is -2.73. The second-order valence-electron chi connectivity index (χ2n) is 5.86. The summed E-state index contributed by atoms with van der Waals surface area (Å²) in [4.78, 5) is 31.1. The molecule has 1 aliphatic heterocycles. The number of carbonyl (C=O) groups excluding carboxylic acids is 2. The zero-order valence-electron chi connectivity index (χ0n) is 14.0. The normalized spacial score (nSPS) is 19.9. The number of aromatic nitrogens is 1. The van der Waals surface area contributed by atoms with E-state index in [9.17, 15) is 14.7 Å². The minimum absolute atomic E-state index is 0.00734. The highest BCUT2D eigenvalue weighted by Crippen LogP contribution is 2.36. The van der Waals surface area contributed by atoms with Crippen molar-refractivity contribution in [1.29, 1.82) is 0 Å². The van der Waals surface area contributed by atoms with Crippen LogP contribution in [0.2, 0.25) is 0 Å². The predicted molar refractivity (Wildman–Crippen MR) is 91.6 cm³/mol. The van der Waals surface area contributed by atoms with E-state index < -0.39 is 18.0 Å². The Balaban J connectivity index is 2.02. The van der Waals surface area contributed by atoms with Crippen LogP contribution in [-0.4, -0.2) is 28.6 Å². The SMILES string of the molecule is CCOC(=O)C1CC(O)c2ccccc2N(Cc2ccccn2)C1=O. The van der Waals surface area contributed by atoms with Crippen LogP contribution >= 0.6 is 0 Å². The third kappa shape index (κ3) is 3.53. The molecular formula is C19H20N2O4.